The van der Waals surface area contributed by atoms with Gasteiger partial charge in [0.15, 0.2) is 0 Å². The van der Waals surface area contributed by atoms with Gasteiger partial charge in [-0.15, -0.1) is 0 Å². The third-order valence-electron chi connectivity index (χ3n) is 3.14. The summed E-state index contributed by atoms with van der Waals surface area (Å²) in [7, 11) is 1.71. The lowest BCUT2D eigenvalue weighted by molar-refractivity contribution is 0.0467. The molecule has 1 aliphatic carbocycles. The minimum Gasteiger partial charge on any atom is -0.395 e. The van der Waals surface area contributed by atoms with Gasteiger partial charge in [0.05, 0.1) is 13.2 Å². The van der Waals surface area contributed by atoms with Gasteiger partial charge in [-0.3, -0.25) is 4.90 Å². The number of aliphatic hydroxyl groups is 1. The molecule has 0 aromatic rings. The van der Waals surface area contributed by atoms with Crippen LogP contribution < -0.4 is 0 Å². The van der Waals surface area contributed by atoms with Gasteiger partial charge in [-0.1, -0.05) is 6.42 Å². The highest BCUT2D eigenvalue weighted by Gasteiger charge is 2.23. The summed E-state index contributed by atoms with van der Waals surface area (Å²) in [6.45, 7) is 4.28. The number of aliphatic hydroxyl groups excluding tert-OH is 1. The smallest absolute Gasteiger partial charge is 0.0593 e. The second-order valence-corrected chi connectivity index (χ2v) is 4.30. The van der Waals surface area contributed by atoms with Crippen LogP contribution in [0.15, 0.2) is 0 Å². The number of methoxy groups -OCH3 is 1. The fourth-order valence-corrected chi connectivity index (χ4v) is 1.95. The molecule has 0 bridgehead atoms. The van der Waals surface area contributed by atoms with Crippen molar-refractivity contribution in [1.82, 2.24) is 4.90 Å². The van der Waals surface area contributed by atoms with Crippen LogP contribution in [0.25, 0.3) is 0 Å². The molecule has 0 heterocycles. The highest BCUT2D eigenvalue weighted by atomic mass is 16.5. The van der Waals surface area contributed by atoms with Crippen LogP contribution in [0, 0.1) is 0 Å². The van der Waals surface area contributed by atoms with Crippen molar-refractivity contribution in [3.8, 4) is 0 Å². The van der Waals surface area contributed by atoms with Crippen molar-refractivity contribution in [2.75, 3.05) is 46.6 Å². The summed E-state index contributed by atoms with van der Waals surface area (Å²) in [6.07, 6.45) is 4.86. The second kappa shape index (κ2) is 8.93. The Morgan fingerprint density at radius 3 is 2.56 bits per heavy atom. The summed E-state index contributed by atoms with van der Waals surface area (Å²) in [5, 5.41) is 8.98. The summed E-state index contributed by atoms with van der Waals surface area (Å²) in [5.74, 6) is 0. The maximum atomic E-state index is 8.98. The molecular formula is C12H25NO3. The zero-order valence-electron chi connectivity index (χ0n) is 10.4. The predicted octanol–water partition coefficient (Wildman–Crippen LogP) is 0.886. The zero-order chi connectivity index (χ0) is 11.6. The summed E-state index contributed by atoms with van der Waals surface area (Å²) in [6, 6.07) is 0.690. The largest absolute Gasteiger partial charge is 0.395 e. The Hall–Kier alpha value is -0.160. The molecule has 1 rings (SSSR count). The van der Waals surface area contributed by atoms with Crippen molar-refractivity contribution in [3.05, 3.63) is 0 Å². The standard InChI is InChI=1S/C12H25NO3/c1-15-9-3-10-16-11-7-13(6-8-14)12-4-2-5-12/h12,14H,2-11H2,1H3. The number of hydrogen-bond acceptors (Lipinski definition) is 4. The normalized spacial score (nSPS) is 16.7. The first-order valence-corrected chi connectivity index (χ1v) is 6.30. The van der Waals surface area contributed by atoms with Gasteiger partial charge in [0.25, 0.3) is 0 Å². The molecule has 16 heavy (non-hydrogen) atoms. The van der Waals surface area contributed by atoms with E-state index in [9.17, 15) is 0 Å². The molecular weight excluding hydrogens is 206 g/mol. The maximum Gasteiger partial charge on any atom is 0.0593 e. The van der Waals surface area contributed by atoms with E-state index in [0.717, 1.165) is 39.3 Å². The van der Waals surface area contributed by atoms with Crippen LogP contribution in [-0.2, 0) is 9.47 Å². The van der Waals surface area contributed by atoms with Gasteiger partial charge in [-0.05, 0) is 19.3 Å². The molecule has 4 nitrogen and oxygen atoms in total. The van der Waals surface area contributed by atoms with Crippen LogP contribution in [0.4, 0.5) is 0 Å². The van der Waals surface area contributed by atoms with Gasteiger partial charge < -0.3 is 14.6 Å². The van der Waals surface area contributed by atoms with Gasteiger partial charge >= 0.3 is 0 Å². The monoisotopic (exact) mass is 231 g/mol. The lowest BCUT2D eigenvalue weighted by Gasteiger charge is -2.37. The highest BCUT2D eigenvalue weighted by molar-refractivity contribution is 4.79. The Bertz CT molecular complexity index is 162. The van der Waals surface area contributed by atoms with Crippen molar-refractivity contribution in [3.63, 3.8) is 0 Å². The van der Waals surface area contributed by atoms with Gasteiger partial charge in [-0.25, -0.2) is 0 Å². The van der Waals surface area contributed by atoms with Crippen LogP contribution in [0.3, 0.4) is 0 Å². The molecule has 0 aromatic carbocycles. The zero-order valence-corrected chi connectivity index (χ0v) is 10.4. The van der Waals surface area contributed by atoms with E-state index in [1.54, 1.807) is 7.11 Å². The molecule has 1 aliphatic rings. The average Bonchev–Trinajstić information content (AvgIpc) is 2.21. The SMILES string of the molecule is COCCCOCCN(CCO)C1CCC1. The highest BCUT2D eigenvalue weighted by Crippen LogP contribution is 2.24. The first-order chi connectivity index (χ1) is 7.88. The third kappa shape index (κ3) is 5.25. The maximum absolute atomic E-state index is 8.98. The summed E-state index contributed by atoms with van der Waals surface area (Å²) < 4.78 is 10.5. The Morgan fingerprint density at radius 2 is 2.00 bits per heavy atom. The Kier molecular flexibility index (Phi) is 7.76. The van der Waals surface area contributed by atoms with Crippen LogP contribution in [0.5, 0.6) is 0 Å². The van der Waals surface area contributed by atoms with Crippen LogP contribution in [0.2, 0.25) is 0 Å². The van der Waals surface area contributed by atoms with Crippen molar-refractivity contribution in [1.29, 1.82) is 0 Å². The second-order valence-electron chi connectivity index (χ2n) is 4.30. The van der Waals surface area contributed by atoms with E-state index in [0.29, 0.717) is 6.04 Å². The molecule has 1 saturated carbocycles. The van der Waals surface area contributed by atoms with E-state index in [1.165, 1.54) is 19.3 Å². The van der Waals surface area contributed by atoms with E-state index in [4.69, 9.17) is 14.6 Å². The van der Waals surface area contributed by atoms with Crippen LogP contribution in [-0.4, -0.2) is 62.7 Å². The average molecular weight is 231 g/mol. The van der Waals surface area contributed by atoms with E-state index in [-0.39, 0.29) is 6.61 Å². The molecule has 0 spiro atoms. The molecule has 4 heteroatoms. The minimum atomic E-state index is 0.250. The summed E-state index contributed by atoms with van der Waals surface area (Å²) in [5.41, 5.74) is 0. The Labute approximate surface area is 98.5 Å². The molecule has 0 aliphatic heterocycles. The van der Waals surface area contributed by atoms with E-state index in [1.807, 2.05) is 0 Å². The van der Waals surface area contributed by atoms with Gasteiger partial charge in [-0.2, -0.15) is 0 Å². The van der Waals surface area contributed by atoms with Crippen molar-refractivity contribution >= 4 is 0 Å². The molecule has 1 fully saturated rings. The first kappa shape index (κ1) is 13.9. The fourth-order valence-electron chi connectivity index (χ4n) is 1.95. The molecule has 96 valence electrons. The first-order valence-electron chi connectivity index (χ1n) is 6.30. The molecule has 0 amide bonds. The molecule has 0 aromatic heterocycles. The van der Waals surface area contributed by atoms with Crippen LogP contribution in [0.1, 0.15) is 25.7 Å². The number of hydrogen-bond donors (Lipinski definition) is 1. The van der Waals surface area contributed by atoms with Crippen molar-refractivity contribution < 1.29 is 14.6 Å². The predicted molar refractivity (Wildman–Crippen MR) is 63.6 cm³/mol. The minimum absolute atomic E-state index is 0.250. The lowest BCUT2D eigenvalue weighted by Crippen LogP contribution is -2.43. The van der Waals surface area contributed by atoms with Gasteiger partial charge in [0, 0.05) is 39.5 Å². The van der Waals surface area contributed by atoms with Crippen LogP contribution >= 0.6 is 0 Å². The Morgan fingerprint density at radius 1 is 1.19 bits per heavy atom. The number of ether oxygens (including phenoxy) is 2. The summed E-state index contributed by atoms with van der Waals surface area (Å²) in [4.78, 5) is 2.35. The molecule has 0 radical (unpaired) electrons. The molecule has 1 N–H and O–H groups in total. The van der Waals surface area contributed by atoms with Crippen molar-refractivity contribution in [2.45, 2.75) is 31.7 Å². The summed E-state index contributed by atoms with van der Waals surface area (Å²) >= 11 is 0. The van der Waals surface area contributed by atoms with Gasteiger partial charge in [0.2, 0.25) is 0 Å². The molecule has 0 atom stereocenters. The van der Waals surface area contributed by atoms with E-state index >= 15 is 0 Å². The number of rotatable bonds is 10. The molecule has 0 unspecified atom stereocenters. The molecule has 0 saturated heterocycles. The number of nitrogens with zero attached hydrogens (tertiary/aromatic N) is 1. The van der Waals surface area contributed by atoms with E-state index < -0.39 is 0 Å². The van der Waals surface area contributed by atoms with E-state index in [2.05, 4.69) is 4.90 Å². The fraction of sp³-hybridized carbons (Fsp3) is 1.00. The topological polar surface area (TPSA) is 41.9 Å². The Balaban J connectivity index is 1.98. The third-order valence-corrected chi connectivity index (χ3v) is 3.14. The quantitative estimate of drug-likeness (QED) is 0.567. The van der Waals surface area contributed by atoms with Crippen molar-refractivity contribution in [2.24, 2.45) is 0 Å². The van der Waals surface area contributed by atoms with Gasteiger partial charge in [0.1, 0.15) is 0 Å². The lowest BCUT2D eigenvalue weighted by atomic mass is 9.91.